The van der Waals surface area contributed by atoms with Crippen LogP contribution in [0.5, 0.6) is 0 Å². The Hall–Kier alpha value is -2.20. The number of halogens is 1. The maximum absolute atomic E-state index is 12.9. The van der Waals surface area contributed by atoms with Gasteiger partial charge in [-0.15, -0.1) is 0 Å². The fraction of sp³-hybridized carbons (Fsp3) is 0.368. The molecule has 0 aliphatic carbocycles. The molecule has 0 spiro atoms. The normalized spacial score (nSPS) is 17.1. The van der Waals surface area contributed by atoms with Crippen molar-refractivity contribution in [2.45, 2.75) is 17.9 Å². The van der Waals surface area contributed by atoms with Gasteiger partial charge in [-0.25, -0.2) is 8.42 Å². The Morgan fingerprint density at radius 2 is 1.72 bits per heavy atom. The minimum absolute atomic E-state index is 0.0709. The topological polar surface area (TPSA) is 95.8 Å². The number of likely N-dealkylation sites (N-methyl/N-ethyl adjacent to an activating group) is 1. The number of benzene rings is 2. The lowest BCUT2D eigenvalue weighted by Gasteiger charge is -2.31. The highest BCUT2D eigenvalue weighted by atomic mass is 35.5. The van der Waals surface area contributed by atoms with Gasteiger partial charge in [0, 0.05) is 43.3 Å². The molecule has 0 aromatic heterocycles. The molecule has 8 nitrogen and oxygen atoms in total. The second-order valence-corrected chi connectivity index (χ2v) is 9.44. The third kappa shape index (κ3) is 4.87. The number of nitrogens with one attached hydrogen (secondary N) is 1. The number of piperazine rings is 1. The van der Waals surface area contributed by atoms with Crippen molar-refractivity contribution in [1.29, 1.82) is 0 Å². The molecule has 0 radical (unpaired) electrons. The first-order valence-electron chi connectivity index (χ1n) is 9.17. The van der Waals surface area contributed by atoms with E-state index in [1.165, 1.54) is 16.4 Å². The average molecular weight is 439 g/mol. The lowest BCUT2D eigenvalue weighted by atomic mass is 10.1. The first kappa shape index (κ1) is 21.5. The number of hydrogen-bond donors (Lipinski definition) is 1. The molecule has 0 bridgehead atoms. The molecule has 1 atom stereocenters. The van der Waals surface area contributed by atoms with Crippen molar-refractivity contribution in [3.05, 3.63) is 63.2 Å². The quantitative estimate of drug-likeness (QED) is 0.548. The van der Waals surface area contributed by atoms with Gasteiger partial charge in [-0.3, -0.25) is 10.1 Å². The smallest absolute Gasteiger partial charge is 0.293 e. The van der Waals surface area contributed by atoms with Crippen molar-refractivity contribution in [3.63, 3.8) is 0 Å². The Morgan fingerprint density at radius 1 is 1.10 bits per heavy atom. The summed E-state index contributed by atoms with van der Waals surface area (Å²) < 4.78 is 27.2. The number of nitro groups is 1. The van der Waals surface area contributed by atoms with Gasteiger partial charge in [-0.1, -0.05) is 23.7 Å². The van der Waals surface area contributed by atoms with E-state index in [0.29, 0.717) is 31.2 Å². The van der Waals surface area contributed by atoms with Crippen LogP contribution in [0.15, 0.2) is 47.4 Å². The maximum atomic E-state index is 12.9. The van der Waals surface area contributed by atoms with Gasteiger partial charge in [-0.2, -0.15) is 4.31 Å². The molecule has 10 heteroatoms. The van der Waals surface area contributed by atoms with Gasteiger partial charge in [0.25, 0.3) is 5.69 Å². The molecule has 0 unspecified atom stereocenters. The van der Waals surface area contributed by atoms with E-state index >= 15 is 0 Å². The molecule has 1 N–H and O–H groups in total. The van der Waals surface area contributed by atoms with E-state index in [2.05, 4.69) is 5.32 Å². The van der Waals surface area contributed by atoms with Crippen LogP contribution in [0, 0.1) is 10.1 Å². The van der Waals surface area contributed by atoms with Crippen LogP contribution in [0.25, 0.3) is 0 Å². The monoisotopic (exact) mass is 438 g/mol. The Balaban J connectivity index is 1.87. The molecule has 1 saturated heterocycles. The summed E-state index contributed by atoms with van der Waals surface area (Å²) in [5, 5.41) is 15.3. The zero-order valence-corrected chi connectivity index (χ0v) is 17.8. The van der Waals surface area contributed by atoms with E-state index in [1.807, 2.05) is 31.0 Å². The molecule has 1 aliphatic heterocycles. The van der Waals surface area contributed by atoms with Crippen LogP contribution in [0.4, 0.5) is 11.4 Å². The van der Waals surface area contributed by atoms with Gasteiger partial charge in [-0.05, 0) is 43.8 Å². The molecular weight excluding hydrogens is 416 g/mol. The summed E-state index contributed by atoms with van der Waals surface area (Å²) in [6.45, 7) is 3.83. The zero-order valence-electron chi connectivity index (χ0n) is 16.2. The SMILES string of the molecule is C[C@H](Nc1ccc(S(=O)(=O)N2CCN(C)CC2)cc1[N+](=O)[O-])c1ccc(Cl)cc1. The van der Waals surface area contributed by atoms with Crippen LogP contribution in [-0.2, 0) is 10.0 Å². The van der Waals surface area contributed by atoms with Crippen molar-refractivity contribution in [2.75, 3.05) is 38.5 Å². The molecule has 0 amide bonds. The highest BCUT2D eigenvalue weighted by Gasteiger charge is 2.29. The standard InChI is InChI=1S/C19H23ClN4O4S/c1-14(15-3-5-16(20)6-4-15)21-18-8-7-17(13-19(18)24(25)26)29(27,28)23-11-9-22(2)10-12-23/h3-8,13-14,21H,9-12H2,1-2H3/t14-/m0/s1. The summed E-state index contributed by atoms with van der Waals surface area (Å²) in [5.74, 6) is 0. The van der Waals surface area contributed by atoms with Crippen molar-refractivity contribution in [2.24, 2.45) is 0 Å². The zero-order chi connectivity index (χ0) is 21.2. The second kappa shape index (κ2) is 8.66. The van der Waals surface area contributed by atoms with Crippen molar-refractivity contribution < 1.29 is 13.3 Å². The van der Waals surface area contributed by atoms with Gasteiger partial charge >= 0.3 is 0 Å². The van der Waals surface area contributed by atoms with Gasteiger partial charge in [0.05, 0.1) is 9.82 Å². The Kier molecular flexibility index (Phi) is 6.42. The minimum Gasteiger partial charge on any atom is -0.373 e. The summed E-state index contributed by atoms with van der Waals surface area (Å²) in [7, 11) is -1.86. The highest BCUT2D eigenvalue weighted by Crippen LogP contribution is 2.32. The summed E-state index contributed by atoms with van der Waals surface area (Å²) in [4.78, 5) is 13.0. The number of nitrogens with zero attached hydrogens (tertiary/aromatic N) is 3. The molecule has 2 aromatic rings. The summed E-state index contributed by atoms with van der Waals surface area (Å²) in [6.07, 6.45) is 0. The van der Waals surface area contributed by atoms with Crippen LogP contribution in [-0.4, -0.2) is 55.8 Å². The Labute approximate surface area is 175 Å². The molecule has 0 saturated carbocycles. The van der Waals surface area contributed by atoms with Gasteiger partial charge in [0.15, 0.2) is 0 Å². The van der Waals surface area contributed by atoms with Gasteiger partial charge in [0.2, 0.25) is 10.0 Å². The van der Waals surface area contributed by atoms with Crippen molar-refractivity contribution in [3.8, 4) is 0 Å². The minimum atomic E-state index is -3.78. The van der Waals surface area contributed by atoms with Crippen LogP contribution in [0.2, 0.25) is 5.02 Å². The largest absolute Gasteiger partial charge is 0.373 e. The molecular formula is C19H23ClN4O4S. The lowest BCUT2D eigenvalue weighted by molar-refractivity contribution is -0.384. The van der Waals surface area contributed by atoms with E-state index in [4.69, 9.17) is 11.6 Å². The van der Waals surface area contributed by atoms with Crippen LogP contribution in [0.1, 0.15) is 18.5 Å². The fourth-order valence-electron chi connectivity index (χ4n) is 3.19. The third-order valence-corrected chi connectivity index (χ3v) is 7.15. The predicted molar refractivity (Wildman–Crippen MR) is 113 cm³/mol. The molecule has 29 heavy (non-hydrogen) atoms. The first-order valence-corrected chi connectivity index (χ1v) is 11.0. The Morgan fingerprint density at radius 3 is 2.31 bits per heavy atom. The van der Waals surface area contributed by atoms with Crippen molar-refractivity contribution in [1.82, 2.24) is 9.21 Å². The molecule has 1 fully saturated rings. The van der Waals surface area contributed by atoms with E-state index in [1.54, 1.807) is 12.1 Å². The number of rotatable bonds is 6. The molecule has 3 rings (SSSR count). The first-order chi connectivity index (χ1) is 13.7. The average Bonchev–Trinajstić information content (AvgIpc) is 2.68. The third-order valence-electron chi connectivity index (χ3n) is 5.01. The van der Waals surface area contributed by atoms with Gasteiger partial charge < -0.3 is 10.2 Å². The van der Waals surface area contributed by atoms with E-state index in [-0.39, 0.29) is 22.3 Å². The van der Waals surface area contributed by atoms with E-state index < -0.39 is 14.9 Å². The summed E-state index contributed by atoms with van der Waals surface area (Å²) >= 11 is 5.90. The van der Waals surface area contributed by atoms with Crippen LogP contribution >= 0.6 is 11.6 Å². The lowest BCUT2D eigenvalue weighted by Crippen LogP contribution is -2.47. The molecule has 1 heterocycles. The van der Waals surface area contributed by atoms with Crippen molar-refractivity contribution >= 4 is 33.0 Å². The fourth-order valence-corrected chi connectivity index (χ4v) is 4.76. The van der Waals surface area contributed by atoms with Gasteiger partial charge in [0.1, 0.15) is 5.69 Å². The maximum Gasteiger partial charge on any atom is 0.293 e. The summed E-state index contributed by atoms with van der Waals surface area (Å²) in [6, 6.07) is 10.9. The second-order valence-electron chi connectivity index (χ2n) is 7.06. The van der Waals surface area contributed by atoms with Crippen LogP contribution < -0.4 is 5.32 Å². The summed E-state index contributed by atoms with van der Waals surface area (Å²) in [5.41, 5.74) is 0.883. The number of hydrogen-bond acceptors (Lipinski definition) is 6. The molecule has 156 valence electrons. The number of anilines is 1. The molecule has 1 aliphatic rings. The number of sulfonamides is 1. The van der Waals surface area contributed by atoms with E-state index in [0.717, 1.165) is 11.6 Å². The predicted octanol–water partition coefficient (Wildman–Crippen LogP) is 3.36. The highest BCUT2D eigenvalue weighted by molar-refractivity contribution is 7.89. The molecule has 2 aromatic carbocycles. The van der Waals surface area contributed by atoms with Crippen LogP contribution in [0.3, 0.4) is 0 Å². The van der Waals surface area contributed by atoms with E-state index in [9.17, 15) is 18.5 Å². The Bertz CT molecular complexity index is 990. The number of nitro benzene ring substituents is 1.